The molecule has 104 heavy (non-hydrogen) atoms. The van der Waals surface area contributed by atoms with E-state index < -0.39 is 71.5 Å². The third-order valence-corrected chi connectivity index (χ3v) is 18.8. The van der Waals surface area contributed by atoms with Crippen LogP contribution in [0.5, 0.6) is 0 Å². The second-order valence-electron chi connectivity index (χ2n) is 27.7. The van der Waals surface area contributed by atoms with Gasteiger partial charge in [-0.05, 0) is 165 Å². The number of hydrogen-bond donors (Lipinski definition) is 14. The van der Waals surface area contributed by atoms with Crippen molar-refractivity contribution in [3.63, 3.8) is 0 Å². The van der Waals surface area contributed by atoms with E-state index in [2.05, 4.69) is 62.6 Å². The quantitative estimate of drug-likeness (QED) is 0.0354. The van der Waals surface area contributed by atoms with Crippen molar-refractivity contribution in [3.8, 4) is 0 Å². The van der Waals surface area contributed by atoms with Crippen LogP contribution in [0, 0.1) is 47.3 Å². The Kier molecular flexibility index (Phi) is 43.4. The first kappa shape index (κ1) is 89.3. The Bertz CT molecular complexity index is 2710. The predicted molar refractivity (Wildman–Crippen MR) is 381 cm³/mol. The summed E-state index contributed by atoms with van der Waals surface area (Å²) in [5, 5.41) is 26.6. The van der Waals surface area contributed by atoms with Crippen molar-refractivity contribution in [2.45, 2.75) is 206 Å². The predicted octanol–water partition coefficient (Wildman–Crippen LogP) is -0.103. The van der Waals surface area contributed by atoms with Gasteiger partial charge >= 0.3 is 12.2 Å². The third kappa shape index (κ3) is 40.8. The fraction of sp³-hybridized carbons (Fsp3) is 0.771. The average molecular weight is 1470 g/mol. The molecule has 0 radical (unpaired) electrons. The molecule has 0 saturated heterocycles. The minimum absolute atomic E-state index is 0.0799. The lowest BCUT2D eigenvalue weighted by atomic mass is 9.96. The molecule has 0 aliphatic heterocycles. The molecule has 4 aliphatic carbocycles. The first-order valence-electron chi connectivity index (χ1n) is 37.2. The molecule has 588 valence electrons. The standard InChI is InChI=1S/C35H60N8O10.C35H60N8O8/c1-52-34(50)41-19-8-5-11-27(42-35(51)53-2)33(49)40-20-16-30(46)43(21-28(44)38-17-6-3-9-25(31(36)47)23-12-13-23)22-29(45)39-18-7-4-10-26(32(37)48)24-14-15-24;1-23(44)38-17-8-5-11-29(42-24(2)45)35(51)41-20-16-32(48)43(21-30(46)39-18-6-3-9-27(33(36)49)25-12-13-25)22-31(47)40-19-7-4-10-28(34(37)50)26-14-15-26/h23-27H,3-22H2,1-2H3,(H2,36,47)(H2,37,48)(H,38,44)(H,39,45)(H,40,49)(H,41,50)(H,42,51);25-29H,3-22H2,1-2H3,(H2,36,49)(H2,37,50)(H,38,44)(H,39,46)(H,40,47)(H,41,51)(H,42,45)/t25?,26?,27-;27?,28?,29-/m00/s1. The summed E-state index contributed by atoms with van der Waals surface area (Å²) in [4.78, 5) is 198. The minimum Gasteiger partial charge on any atom is -0.453 e. The summed E-state index contributed by atoms with van der Waals surface area (Å²) in [6.45, 7) is 3.05. The van der Waals surface area contributed by atoms with Crippen LogP contribution in [0.15, 0.2) is 0 Å². The summed E-state index contributed by atoms with van der Waals surface area (Å²) in [6, 6.07) is -1.80. The highest BCUT2D eigenvalue weighted by Crippen LogP contribution is 2.41. The normalized spacial score (nSPS) is 15.3. The Morgan fingerprint density at radius 3 is 0.856 bits per heavy atom. The van der Waals surface area contributed by atoms with Crippen LogP contribution >= 0.6 is 0 Å². The van der Waals surface area contributed by atoms with E-state index in [9.17, 15) is 76.7 Å². The topological polar surface area (TPSA) is 522 Å². The molecule has 4 rings (SSSR count). The van der Waals surface area contributed by atoms with E-state index >= 15 is 0 Å². The fourth-order valence-corrected chi connectivity index (χ4v) is 12.3. The van der Waals surface area contributed by atoms with Gasteiger partial charge in [0.15, 0.2) is 0 Å². The smallest absolute Gasteiger partial charge is 0.407 e. The monoisotopic (exact) mass is 1470 g/mol. The van der Waals surface area contributed by atoms with Gasteiger partial charge in [0.05, 0.1) is 14.2 Å². The van der Waals surface area contributed by atoms with Crippen molar-refractivity contribution in [1.29, 1.82) is 0 Å². The molecule has 0 heterocycles. The van der Waals surface area contributed by atoms with E-state index in [1.54, 1.807) is 0 Å². The van der Waals surface area contributed by atoms with E-state index in [1.165, 1.54) is 21.0 Å². The number of nitrogens with zero attached hydrogens (tertiary/aromatic N) is 2. The van der Waals surface area contributed by atoms with Gasteiger partial charge in [0.1, 0.15) is 38.3 Å². The van der Waals surface area contributed by atoms with E-state index in [1.807, 2.05) is 0 Å². The summed E-state index contributed by atoms with van der Waals surface area (Å²) in [5.74, 6) is -4.81. The molecule has 0 aromatic rings. The Hall–Kier alpha value is -8.88. The van der Waals surface area contributed by atoms with E-state index in [4.69, 9.17) is 22.9 Å². The molecule has 0 bridgehead atoms. The highest BCUT2D eigenvalue weighted by Gasteiger charge is 2.37. The zero-order chi connectivity index (χ0) is 76.9. The first-order valence-corrected chi connectivity index (χ1v) is 37.2. The molecule has 4 aliphatic rings. The molecular weight excluding hydrogens is 1350 g/mol. The zero-order valence-electron chi connectivity index (χ0n) is 61.6. The third-order valence-electron chi connectivity index (χ3n) is 18.8. The fourth-order valence-electron chi connectivity index (χ4n) is 12.3. The number of carbonyl (C=O) groups excluding carboxylic acids is 16. The first-order chi connectivity index (χ1) is 49.6. The highest BCUT2D eigenvalue weighted by molar-refractivity contribution is 5.92. The molecular formula is C70H120N16O18. The SMILES string of the molecule is CC(=O)NCCCC[C@H](NC(C)=O)C(=O)NCCC(=O)N(CC(=O)NCCCCC(C(N)=O)C1CC1)CC(=O)NCCCCC(C(N)=O)C1CC1.COC(=O)NCCCC[C@H](NC(=O)OC)C(=O)NCCC(=O)N(CC(=O)NCCCCC(C(N)=O)C1CC1)CC(=O)NCCCCC(C(N)=O)C1CC1. The molecule has 0 spiro atoms. The molecule has 0 aromatic heterocycles. The lowest BCUT2D eigenvalue weighted by Gasteiger charge is -2.23. The summed E-state index contributed by atoms with van der Waals surface area (Å²) in [7, 11) is 2.40. The highest BCUT2D eigenvalue weighted by atomic mass is 16.5. The minimum atomic E-state index is -0.978. The summed E-state index contributed by atoms with van der Waals surface area (Å²) in [5.41, 5.74) is 22.1. The van der Waals surface area contributed by atoms with Crippen LogP contribution < -0.4 is 76.1 Å². The Labute approximate surface area is 610 Å². The van der Waals surface area contributed by atoms with Gasteiger partial charge in [0, 0.05) is 103 Å². The molecule has 4 saturated carbocycles. The maximum atomic E-state index is 13.3. The zero-order valence-corrected chi connectivity index (χ0v) is 61.6. The van der Waals surface area contributed by atoms with Crippen LogP contribution in [0.2, 0.25) is 0 Å². The van der Waals surface area contributed by atoms with Crippen LogP contribution in [0.1, 0.15) is 194 Å². The van der Waals surface area contributed by atoms with Crippen molar-refractivity contribution >= 4 is 94.9 Å². The summed E-state index contributed by atoms with van der Waals surface area (Å²) < 4.78 is 9.13. The number of rotatable bonds is 56. The number of primary amides is 4. The summed E-state index contributed by atoms with van der Waals surface area (Å²) >= 11 is 0. The molecule has 6 atom stereocenters. The summed E-state index contributed by atoms with van der Waals surface area (Å²) in [6.07, 6.45) is 16.9. The number of hydrogen-bond acceptors (Lipinski definition) is 18. The maximum absolute atomic E-state index is 13.3. The number of ether oxygens (including phenoxy) is 2. The van der Waals surface area contributed by atoms with E-state index in [0.717, 1.165) is 68.3 Å². The number of unbranched alkanes of at least 4 members (excludes halogenated alkanes) is 6. The number of methoxy groups -OCH3 is 2. The number of carbonyl (C=O) groups is 16. The molecule has 4 fully saturated rings. The number of nitrogens with two attached hydrogens (primary N) is 4. The second kappa shape index (κ2) is 50.5. The van der Waals surface area contributed by atoms with Crippen LogP contribution in [-0.4, -0.2) is 210 Å². The van der Waals surface area contributed by atoms with Crippen molar-refractivity contribution < 1.29 is 86.2 Å². The Balaban J connectivity index is 0.000000541. The van der Waals surface area contributed by atoms with Gasteiger partial charge in [-0.25, -0.2) is 9.59 Å². The van der Waals surface area contributed by atoms with E-state index in [0.29, 0.717) is 172 Å². The van der Waals surface area contributed by atoms with Gasteiger partial charge in [-0.3, -0.25) is 67.1 Å². The van der Waals surface area contributed by atoms with Crippen molar-refractivity contribution in [1.82, 2.24) is 63.0 Å². The molecule has 34 heteroatoms. The Morgan fingerprint density at radius 2 is 0.596 bits per heavy atom. The number of amides is 16. The van der Waals surface area contributed by atoms with Gasteiger partial charge in [0.25, 0.3) is 0 Å². The lowest BCUT2D eigenvalue weighted by Crippen LogP contribution is -2.49. The average Bonchev–Trinajstić information content (AvgIpc) is 1.71. The van der Waals surface area contributed by atoms with Gasteiger partial charge in [-0.15, -0.1) is 0 Å². The van der Waals surface area contributed by atoms with Gasteiger partial charge in [-0.2, -0.15) is 0 Å². The Morgan fingerprint density at radius 1 is 0.327 bits per heavy atom. The van der Waals surface area contributed by atoms with Crippen molar-refractivity contribution in [2.24, 2.45) is 70.3 Å². The molecule has 34 nitrogen and oxygen atoms in total. The van der Waals surface area contributed by atoms with E-state index in [-0.39, 0.29) is 118 Å². The van der Waals surface area contributed by atoms with Crippen LogP contribution in [0.25, 0.3) is 0 Å². The molecule has 0 aromatic carbocycles. The van der Waals surface area contributed by atoms with Crippen LogP contribution in [-0.2, 0) is 76.6 Å². The van der Waals surface area contributed by atoms with Crippen molar-refractivity contribution in [2.75, 3.05) is 92.8 Å². The van der Waals surface area contributed by atoms with Crippen molar-refractivity contribution in [3.05, 3.63) is 0 Å². The molecule has 4 unspecified atom stereocenters. The van der Waals surface area contributed by atoms with Crippen LogP contribution in [0.3, 0.4) is 0 Å². The molecule has 18 N–H and O–H groups in total. The van der Waals surface area contributed by atoms with Gasteiger partial charge in [-0.1, -0.05) is 25.7 Å². The largest absolute Gasteiger partial charge is 0.453 e. The molecule has 16 amide bonds. The number of nitrogens with one attached hydrogen (secondary N) is 10. The lowest BCUT2D eigenvalue weighted by molar-refractivity contribution is -0.139. The van der Waals surface area contributed by atoms with Gasteiger partial charge in [0.2, 0.25) is 82.7 Å². The second-order valence-corrected chi connectivity index (χ2v) is 27.7. The number of alkyl carbamates (subject to hydrolysis) is 2. The van der Waals surface area contributed by atoms with Crippen LogP contribution in [0.4, 0.5) is 9.59 Å². The van der Waals surface area contributed by atoms with Gasteiger partial charge < -0.3 is 95.4 Å². The maximum Gasteiger partial charge on any atom is 0.407 e.